The summed E-state index contributed by atoms with van der Waals surface area (Å²) < 4.78 is 11.7. The molecule has 0 radical (unpaired) electrons. The van der Waals surface area contributed by atoms with E-state index in [1.807, 2.05) is 24.3 Å². The van der Waals surface area contributed by atoms with Gasteiger partial charge in [-0.05, 0) is 24.3 Å². The van der Waals surface area contributed by atoms with E-state index in [1.54, 1.807) is 7.11 Å². The summed E-state index contributed by atoms with van der Waals surface area (Å²) in [6, 6.07) is 7.76. The van der Waals surface area contributed by atoms with Gasteiger partial charge in [-0.2, -0.15) is 0 Å². The van der Waals surface area contributed by atoms with Crippen molar-refractivity contribution in [2.24, 2.45) is 4.99 Å². The topological polar surface area (TPSA) is 30.8 Å². The Kier molecular flexibility index (Phi) is 3.45. The second kappa shape index (κ2) is 4.83. The molecule has 80 valence electrons. The average molecular weight is 317 g/mol. The summed E-state index contributed by atoms with van der Waals surface area (Å²) in [5, 5.41) is 0. The largest absolute Gasteiger partial charge is 0.497 e. The average Bonchev–Trinajstić information content (AvgIpc) is 2.78. The van der Waals surface area contributed by atoms with Gasteiger partial charge < -0.3 is 9.47 Å². The van der Waals surface area contributed by atoms with Crippen LogP contribution in [0.15, 0.2) is 29.3 Å². The Hall–Kier alpha value is -0.780. The molecule has 0 amide bonds. The minimum absolute atomic E-state index is 0.239. The van der Waals surface area contributed by atoms with Crippen LogP contribution in [0.5, 0.6) is 5.75 Å². The fourth-order valence-electron chi connectivity index (χ4n) is 1.39. The third-order valence-corrected chi connectivity index (χ3v) is 3.21. The molecule has 4 heteroatoms. The molecule has 0 aliphatic carbocycles. The van der Waals surface area contributed by atoms with Crippen LogP contribution in [0.25, 0.3) is 0 Å². The number of rotatable bonds is 3. The molecule has 1 aliphatic rings. The molecule has 0 aromatic heterocycles. The molecule has 1 heterocycles. The second-order valence-corrected chi connectivity index (χ2v) is 4.15. The SMILES string of the molecule is COc1ccc(C2=NCC(CI)O2)cc1. The predicted octanol–water partition coefficient (Wildman–Crippen LogP) is 2.28. The Morgan fingerprint density at radius 1 is 1.47 bits per heavy atom. The molecule has 3 nitrogen and oxygen atoms in total. The lowest BCUT2D eigenvalue weighted by Crippen LogP contribution is -2.14. The van der Waals surface area contributed by atoms with Gasteiger partial charge in [0.2, 0.25) is 5.90 Å². The summed E-state index contributed by atoms with van der Waals surface area (Å²) in [6.07, 6.45) is 0.239. The van der Waals surface area contributed by atoms with Crippen LogP contribution in [0.4, 0.5) is 0 Å². The van der Waals surface area contributed by atoms with Crippen molar-refractivity contribution in [2.45, 2.75) is 6.10 Å². The number of aliphatic imine (C=N–C) groups is 1. The quantitative estimate of drug-likeness (QED) is 0.632. The van der Waals surface area contributed by atoms with Gasteiger partial charge in [-0.3, -0.25) is 0 Å². The minimum atomic E-state index is 0.239. The molecule has 0 spiro atoms. The van der Waals surface area contributed by atoms with Gasteiger partial charge in [0.25, 0.3) is 0 Å². The lowest BCUT2D eigenvalue weighted by Gasteiger charge is -2.07. The van der Waals surface area contributed by atoms with Crippen molar-refractivity contribution in [2.75, 3.05) is 18.1 Å². The van der Waals surface area contributed by atoms with Crippen molar-refractivity contribution in [3.8, 4) is 5.75 Å². The first kappa shape index (κ1) is 10.7. The Morgan fingerprint density at radius 3 is 2.73 bits per heavy atom. The van der Waals surface area contributed by atoms with Crippen molar-refractivity contribution >= 4 is 28.5 Å². The number of nitrogens with zero attached hydrogens (tertiary/aromatic N) is 1. The van der Waals surface area contributed by atoms with Crippen molar-refractivity contribution in [3.63, 3.8) is 0 Å². The number of halogens is 1. The Labute approximate surface area is 103 Å². The van der Waals surface area contributed by atoms with Crippen LogP contribution in [0.3, 0.4) is 0 Å². The van der Waals surface area contributed by atoms with Gasteiger partial charge in [-0.25, -0.2) is 4.99 Å². The van der Waals surface area contributed by atoms with Crippen molar-refractivity contribution < 1.29 is 9.47 Å². The predicted molar refractivity (Wildman–Crippen MR) is 68.2 cm³/mol. The first-order valence-corrected chi connectivity index (χ1v) is 6.27. The van der Waals surface area contributed by atoms with Crippen LogP contribution in [0.1, 0.15) is 5.56 Å². The zero-order valence-corrected chi connectivity index (χ0v) is 10.6. The van der Waals surface area contributed by atoms with E-state index in [-0.39, 0.29) is 6.10 Å². The highest BCUT2D eigenvalue weighted by atomic mass is 127. The number of ether oxygens (including phenoxy) is 2. The van der Waals surface area contributed by atoms with Gasteiger partial charge in [0.1, 0.15) is 11.9 Å². The van der Waals surface area contributed by atoms with Gasteiger partial charge in [0, 0.05) is 9.99 Å². The van der Waals surface area contributed by atoms with E-state index in [0.29, 0.717) is 0 Å². The van der Waals surface area contributed by atoms with Crippen LogP contribution in [0.2, 0.25) is 0 Å². The molecular formula is C11H12INO2. The third-order valence-electron chi connectivity index (χ3n) is 2.23. The van der Waals surface area contributed by atoms with Gasteiger partial charge in [-0.15, -0.1) is 0 Å². The van der Waals surface area contributed by atoms with Crippen LogP contribution in [0, 0.1) is 0 Å². The molecule has 0 saturated heterocycles. The first-order chi connectivity index (χ1) is 7.33. The molecular weight excluding hydrogens is 305 g/mol. The van der Waals surface area contributed by atoms with E-state index in [4.69, 9.17) is 9.47 Å². The van der Waals surface area contributed by atoms with Gasteiger partial charge in [0.15, 0.2) is 0 Å². The monoisotopic (exact) mass is 317 g/mol. The molecule has 1 aromatic carbocycles. The molecule has 0 N–H and O–H groups in total. The molecule has 1 atom stereocenters. The Bertz CT molecular complexity index is 361. The van der Waals surface area contributed by atoms with Crippen molar-refractivity contribution in [1.29, 1.82) is 0 Å². The van der Waals surface area contributed by atoms with Crippen molar-refractivity contribution in [1.82, 2.24) is 0 Å². The normalized spacial score (nSPS) is 19.6. The summed E-state index contributed by atoms with van der Waals surface area (Å²) in [6.45, 7) is 0.768. The second-order valence-electron chi connectivity index (χ2n) is 3.27. The minimum Gasteiger partial charge on any atom is -0.497 e. The fraction of sp³-hybridized carbons (Fsp3) is 0.364. The third kappa shape index (κ3) is 2.42. The van der Waals surface area contributed by atoms with Crippen LogP contribution in [-0.4, -0.2) is 30.1 Å². The summed E-state index contributed by atoms with van der Waals surface area (Å²) in [4.78, 5) is 4.36. The number of methoxy groups -OCH3 is 1. The van der Waals surface area contributed by atoms with E-state index < -0.39 is 0 Å². The lowest BCUT2D eigenvalue weighted by molar-refractivity contribution is 0.254. The molecule has 1 aromatic rings. The standard InChI is InChI=1S/C11H12INO2/c1-14-9-4-2-8(3-5-9)11-13-7-10(6-12)15-11/h2-5,10H,6-7H2,1H3. The zero-order valence-electron chi connectivity index (χ0n) is 8.44. The summed E-state index contributed by atoms with van der Waals surface area (Å²) in [7, 11) is 1.66. The van der Waals surface area contributed by atoms with E-state index in [0.717, 1.165) is 28.2 Å². The van der Waals surface area contributed by atoms with Gasteiger partial charge in [-0.1, -0.05) is 22.6 Å². The molecule has 0 bridgehead atoms. The van der Waals surface area contributed by atoms with Crippen LogP contribution in [-0.2, 0) is 4.74 Å². The highest BCUT2D eigenvalue weighted by Gasteiger charge is 2.19. The fourth-order valence-corrected chi connectivity index (χ4v) is 1.85. The molecule has 0 fully saturated rings. The Balaban J connectivity index is 2.10. The number of hydrogen-bond acceptors (Lipinski definition) is 3. The van der Waals surface area contributed by atoms with Gasteiger partial charge >= 0.3 is 0 Å². The number of alkyl halides is 1. The first-order valence-electron chi connectivity index (χ1n) is 4.75. The van der Waals surface area contributed by atoms with E-state index in [2.05, 4.69) is 27.6 Å². The van der Waals surface area contributed by atoms with E-state index >= 15 is 0 Å². The summed E-state index contributed by atoms with van der Waals surface area (Å²) >= 11 is 2.31. The molecule has 1 unspecified atom stereocenters. The smallest absolute Gasteiger partial charge is 0.216 e. The van der Waals surface area contributed by atoms with Crippen LogP contribution < -0.4 is 4.74 Å². The maximum Gasteiger partial charge on any atom is 0.216 e. The highest BCUT2D eigenvalue weighted by Crippen LogP contribution is 2.17. The lowest BCUT2D eigenvalue weighted by atomic mass is 10.2. The molecule has 15 heavy (non-hydrogen) atoms. The van der Waals surface area contributed by atoms with Crippen molar-refractivity contribution in [3.05, 3.63) is 29.8 Å². The highest BCUT2D eigenvalue weighted by molar-refractivity contribution is 14.1. The van der Waals surface area contributed by atoms with Gasteiger partial charge in [0.05, 0.1) is 13.7 Å². The summed E-state index contributed by atoms with van der Waals surface area (Å²) in [5.74, 6) is 1.60. The van der Waals surface area contributed by atoms with E-state index in [1.165, 1.54) is 0 Å². The molecule has 1 aliphatic heterocycles. The maximum atomic E-state index is 5.67. The summed E-state index contributed by atoms with van der Waals surface area (Å²) in [5.41, 5.74) is 1.02. The van der Waals surface area contributed by atoms with Crippen LogP contribution >= 0.6 is 22.6 Å². The zero-order chi connectivity index (χ0) is 10.7. The maximum absolute atomic E-state index is 5.67. The number of hydrogen-bond donors (Lipinski definition) is 0. The Morgan fingerprint density at radius 2 is 2.20 bits per heavy atom. The molecule has 0 saturated carbocycles. The van der Waals surface area contributed by atoms with E-state index in [9.17, 15) is 0 Å². The number of benzene rings is 1. The molecule has 2 rings (SSSR count).